The van der Waals surface area contributed by atoms with Gasteiger partial charge in [-0.05, 0) is 12.1 Å². The van der Waals surface area contributed by atoms with Gasteiger partial charge in [0.05, 0.1) is 18.4 Å². The van der Waals surface area contributed by atoms with E-state index in [4.69, 9.17) is 15.0 Å². The first-order valence-corrected chi connectivity index (χ1v) is 5.51. The Morgan fingerprint density at radius 1 is 1.39 bits per heavy atom. The van der Waals surface area contributed by atoms with Gasteiger partial charge in [-0.15, -0.1) is 0 Å². The molecular weight excluding hydrogens is 234 g/mol. The van der Waals surface area contributed by atoms with E-state index in [1.165, 1.54) is 6.20 Å². The number of para-hydroxylation sites is 2. The van der Waals surface area contributed by atoms with Gasteiger partial charge in [-0.3, -0.25) is 4.79 Å². The van der Waals surface area contributed by atoms with Crippen LogP contribution in [-0.2, 0) is 0 Å². The molecule has 3 rings (SSSR count). The van der Waals surface area contributed by atoms with Gasteiger partial charge in [0.15, 0.2) is 0 Å². The zero-order valence-electron chi connectivity index (χ0n) is 9.50. The molecule has 2 N–H and O–H groups in total. The van der Waals surface area contributed by atoms with Crippen molar-refractivity contribution in [1.82, 2.24) is 5.16 Å². The smallest absolute Gasteiger partial charge is 0.265 e. The molecular formula is C12H11N3O3. The third-order valence-corrected chi connectivity index (χ3v) is 2.80. The van der Waals surface area contributed by atoms with Crippen LogP contribution >= 0.6 is 0 Å². The monoisotopic (exact) mass is 245 g/mol. The average molecular weight is 245 g/mol. The average Bonchev–Trinajstić information content (AvgIpc) is 2.83. The van der Waals surface area contributed by atoms with E-state index in [1.54, 1.807) is 4.90 Å². The summed E-state index contributed by atoms with van der Waals surface area (Å²) >= 11 is 0. The molecule has 2 aromatic rings. The van der Waals surface area contributed by atoms with E-state index in [0.29, 0.717) is 18.9 Å². The van der Waals surface area contributed by atoms with Crippen molar-refractivity contribution < 1.29 is 14.1 Å². The topological polar surface area (TPSA) is 81.6 Å². The number of nitrogens with zero attached hydrogens (tertiary/aromatic N) is 2. The summed E-state index contributed by atoms with van der Waals surface area (Å²) in [6.45, 7) is 0.925. The SMILES string of the molecule is Nc1oncc1C(=O)N1CCOc2ccccc21. The molecule has 1 aromatic carbocycles. The maximum Gasteiger partial charge on any atom is 0.265 e. The highest BCUT2D eigenvalue weighted by atomic mass is 16.5. The van der Waals surface area contributed by atoms with E-state index in [-0.39, 0.29) is 17.4 Å². The van der Waals surface area contributed by atoms with Crippen LogP contribution in [0.1, 0.15) is 10.4 Å². The van der Waals surface area contributed by atoms with Crippen LogP contribution in [0.3, 0.4) is 0 Å². The molecule has 6 nitrogen and oxygen atoms in total. The second-order valence-corrected chi connectivity index (χ2v) is 3.88. The molecule has 1 aliphatic heterocycles. The minimum absolute atomic E-state index is 0.0315. The van der Waals surface area contributed by atoms with Crippen molar-refractivity contribution in [3.63, 3.8) is 0 Å². The zero-order valence-corrected chi connectivity index (χ0v) is 9.50. The molecule has 0 saturated heterocycles. The maximum atomic E-state index is 12.3. The summed E-state index contributed by atoms with van der Waals surface area (Å²) in [6, 6.07) is 7.37. The molecule has 2 heterocycles. The lowest BCUT2D eigenvalue weighted by atomic mass is 10.2. The summed E-state index contributed by atoms with van der Waals surface area (Å²) in [4.78, 5) is 13.9. The van der Waals surface area contributed by atoms with Gasteiger partial charge in [-0.1, -0.05) is 17.3 Å². The Morgan fingerprint density at radius 3 is 3.00 bits per heavy atom. The Balaban J connectivity index is 2.00. The zero-order chi connectivity index (χ0) is 12.5. The molecule has 0 aliphatic carbocycles. The highest BCUT2D eigenvalue weighted by molar-refractivity contribution is 6.09. The molecule has 92 valence electrons. The predicted molar refractivity (Wildman–Crippen MR) is 64.5 cm³/mol. The number of anilines is 2. The maximum absolute atomic E-state index is 12.3. The number of benzene rings is 1. The van der Waals surface area contributed by atoms with Gasteiger partial charge < -0.3 is 19.9 Å². The second kappa shape index (κ2) is 4.06. The van der Waals surface area contributed by atoms with Crippen LogP contribution in [0.5, 0.6) is 5.75 Å². The van der Waals surface area contributed by atoms with Gasteiger partial charge in [0.1, 0.15) is 17.9 Å². The third-order valence-electron chi connectivity index (χ3n) is 2.80. The van der Waals surface area contributed by atoms with Crippen molar-refractivity contribution in [2.24, 2.45) is 0 Å². The molecule has 0 unspecified atom stereocenters. The number of hydrogen-bond donors (Lipinski definition) is 1. The molecule has 0 bridgehead atoms. The fourth-order valence-electron chi connectivity index (χ4n) is 1.94. The molecule has 6 heteroatoms. The Hall–Kier alpha value is -2.50. The molecule has 1 aromatic heterocycles. The third kappa shape index (κ3) is 1.58. The molecule has 0 fully saturated rings. The molecule has 0 radical (unpaired) electrons. The quantitative estimate of drug-likeness (QED) is 0.818. The van der Waals surface area contributed by atoms with E-state index >= 15 is 0 Å². The number of fused-ring (bicyclic) bond motifs is 1. The van der Waals surface area contributed by atoms with Crippen LogP contribution in [0.25, 0.3) is 0 Å². The minimum Gasteiger partial charge on any atom is -0.490 e. The van der Waals surface area contributed by atoms with Crippen LogP contribution < -0.4 is 15.4 Å². The number of amides is 1. The molecule has 18 heavy (non-hydrogen) atoms. The van der Waals surface area contributed by atoms with E-state index in [9.17, 15) is 4.79 Å². The number of nitrogens with two attached hydrogens (primary N) is 1. The summed E-state index contributed by atoms with van der Waals surface area (Å²) in [6.07, 6.45) is 1.33. The fourth-order valence-corrected chi connectivity index (χ4v) is 1.94. The Bertz CT molecular complexity index is 594. The molecule has 0 atom stereocenters. The normalized spacial score (nSPS) is 13.9. The second-order valence-electron chi connectivity index (χ2n) is 3.88. The lowest BCUT2D eigenvalue weighted by Crippen LogP contribution is -2.38. The standard InChI is InChI=1S/C12H11N3O3/c13-11-8(7-14-18-11)12(16)15-5-6-17-10-4-2-1-3-9(10)15/h1-4,7H,5-6,13H2. The lowest BCUT2D eigenvalue weighted by Gasteiger charge is -2.29. The van der Waals surface area contributed by atoms with Crippen molar-refractivity contribution >= 4 is 17.5 Å². The number of hydrogen-bond acceptors (Lipinski definition) is 5. The van der Waals surface area contributed by atoms with Gasteiger partial charge in [-0.2, -0.15) is 0 Å². The van der Waals surface area contributed by atoms with Gasteiger partial charge in [0, 0.05) is 0 Å². The Morgan fingerprint density at radius 2 is 2.22 bits per heavy atom. The number of carbonyl (C=O) groups is 1. The number of ether oxygens (including phenoxy) is 1. The van der Waals surface area contributed by atoms with Gasteiger partial charge >= 0.3 is 0 Å². The summed E-state index contributed by atoms with van der Waals surface area (Å²) < 4.78 is 10.2. The lowest BCUT2D eigenvalue weighted by molar-refractivity contribution is 0.0977. The van der Waals surface area contributed by atoms with E-state index in [1.807, 2.05) is 24.3 Å². The molecule has 1 amide bonds. The van der Waals surface area contributed by atoms with Crippen molar-refractivity contribution in [2.75, 3.05) is 23.8 Å². The molecule has 0 spiro atoms. The predicted octanol–water partition coefficient (Wildman–Crippen LogP) is 1.30. The summed E-state index contributed by atoms with van der Waals surface area (Å²) in [5.41, 5.74) is 6.56. The number of rotatable bonds is 1. The highest BCUT2D eigenvalue weighted by Crippen LogP contribution is 2.32. The first kappa shape index (κ1) is 10.6. The minimum atomic E-state index is -0.232. The van der Waals surface area contributed by atoms with Crippen LogP contribution in [-0.4, -0.2) is 24.2 Å². The Kier molecular flexibility index (Phi) is 2.40. The van der Waals surface area contributed by atoms with E-state index < -0.39 is 0 Å². The summed E-state index contributed by atoms with van der Waals surface area (Å²) in [5, 5.41) is 3.51. The molecule has 1 aliphatic rings. The first-order valence-electron chi connectivity index (χ1n) is 5.51. The van der Waals surface area contributed by atoms with Crippen molar-refractivity contribution in [3.8, 4) is 5.75 Å². The Labute approximate surface area is 103 Å². The number of aromatic nitrogens is 1. The van der Waals surface area contributed by atoms with Crippen molar-refractivity contribution in [2.45, 2.75) is 0 Å². The van der Waals surface area contributed by atoms with E-state index in [2.05, 4.69) is 5.16 Å². The van der Waals surface area contributed by atoms with Crippen LogP contribution in [0, 0.1) is 0 Å². The number of carbonyl (C=O) groups excluding carboxylic acids is 1. The van der Waals surface area contributed by atoms with Crippen LogP contribution in [0.15, 0.2) is 35.0 Å². The largest absolute Gasteiger partial charge is 0.490 e. The van der Waals surface area contributed by atoms with Crippen molar-refractivity contribution in [3.05, 3.63) is 36.0 Å². The first-order chi connectivity index (χ1) is 8.77. The van der Waals surface area contributed by atoms with E-state index in [0.717, 1.165) is 5.69 Å². The fraction of sp³-hybridized carbons (Fsp3) is 0.167. The number of nitrogen functional groups attached to an aromatic ring is 1. The van der Waals surface area contributed by atoms with Crippen molar-refractivity contribution in [1.29, 1.82) is 0 Å². The van der Waals surface area contributed by atoms with Crippen LogP contribution in [0.2, 0.25) is 0 Å². The summed E-state index contributed by atoms with van der Waals surface area (Å²) in [7, 11) is 0. The van der Waals surface area contributed by atoms with Crippen LogP contribution in [0.4, 0.5) is 11.6 Å². The highest BCUT2D eigenvalue weighted by Gasteiger charge is 2.27. The van der Waals surface area contributed by atoms with Gasteiger partial charge in [-0.25, -0.2) is 0 Å². The molecule has 0 saturated carbocycles. The van der Waals surface area contributed by atoms with Gasteiger partial charge in [0.25, 0.3) is 5.91 Å². The summed E-state index contributed by atoms with van der Waals surface area (Å²) in [5.74, 6) is 0.487. The van der Waals surface area contributed by atoms with Gasteiger partial charge in [0.2, 0.25) is 5.88 Å².